The van der Waals surface area contributed by atoms with Crippen LogP contribution < -0.4 is 4.90 Å². The number of aromatic nitrogens is 2. The molecule has 3 heterocycles. The van der Waals surface area contributed by atoms with E-state index in [0.717, 1.165) is 48.7 Å². The molecule has 2 unspecified atom stereocenters. The fraction of sp³-hybridized carbons (Fsp3) is 0.407. The van der Waals surface area contributed by atoms with Crippen LogP contribution in [0.2, 0.25) is 0 Å². The van der Waals surface area contributed by atoms with Crippen LogP contribution >= 0.6 is 11.3 Å². The van der Waals surface area contributed by atoms with Gasteiger partial charge in [0.2, 0.25) is 5.91 Å². The second-order valence-corrected chi connectivity index (χ2v) is 10.0. The number of anilines is 1. The first-order valence-electron chi connectivity index (χ1n) is 12.3. The average Bonchev–Trinajstić information content (AvgIpc) is 3.18. The molecule has 1 saturated heterocycles. The monoisotopic (exact) mass is 490 g/mol. The molecule has 0 saturated carbocycles. The number of rotatable bonds is 5. The van der Waals surface area contributed by atoms with Crippen LogP contribution in [0, 0.1) is 5.92 Å². The standard InChI is InChI=1S/C27H30N4O3S/c1-2-34-27(33)19-12-13-24(28-18-19)30-14-7-15-31(17-16-30)26(32)21-9-4-3-8-20(21)25-29-22-10-5-6-11-23(22)35-25/h3-6,10-13,18,20-21H,2,7-9,14-17H2,1H3. The molecule has 2 aliphatic rings. The summed E-state index contributed by atoms with van der Waals surface area (Å²) >= 11 is 1.71. The molecule has 2 atom stereocenters. The Hall–Kier alpha value is -3.26. The first-order valence-corrected chi connectivity index (χ1v) is 13.1. The summed E-state index contributed by atoms with van der Waals surface area (Å²) in [5, 5.41) is 1.07. The summed E-state index contributed by atoms with van der Waals surface area (Å²) in [7, 11) is 0. The first-order chi connectivity index (χ1) is 17.1. The molecule has 1 amide bonds. The molecule has 1 aliphatic heterocycles. The highest BCUT2D eigenvalue weighted by atomic mass is 32.1. The van der Waals surface area contributed by atoms with Crippen molar-refractivity contribution in [1.29, 1.82) is 0 Å². The number of hydrogen-bond acceptors (Lipinski definition) is 7. The van der Waals surface area contributed by atoms with Gasteiger partial charge in [0.05, 0.1) is 33.3 Å². The molecular formula is C27H30N4O3S. The Bertz CT molecular complexity index is 1190. The van der Waals surface area contributed by atoms with Crippen LogP contribution in [0.1, 0.15) is 47.5 Å². The van der Waals surface area contributed by atoms with Gasteiger partial charge in [-0.05, 0) is 50.5 Å². The number of para-hydroxylation sites is 1. The summed E-state index contributed by atoms with van der Waals surface area (Å²) in [6.45, 7) is 5.06. The second-order valence-electron chi connectivity index (χ2n) is 8.97. The highest BCUT2D eigenvalue weighted by molar-refractivity contribution is 7.18. The summed E-state index contributed by atoms with van der Waals surface area (Å²) in [4.78, 5) is 39.2. The third-order valence-electron chi connectivity index (χ3n) is 6.77. The maximum atomic E-state index is 13.7. The third kappa shape index (κ3) is 5.07. The summed E-state index contributed by atoms with van der Waals surface area (Å²) in [5.41, 5.74) is 1.47. The molecule has 0 spiro atoms. The highest BCUT2D eigenvalue weighted by Crippen LogP contribution is 2.39. The molecule has 0 bridgehead atoms. The Morgan fingerprint density at radius 2 is 1.91 bits per heavy atom. The number of fused-ring (bicyclic) bond motifs is 1. The minimum Gasteiger partial charge on any atom is -0.462 e. The number of esters is 1. The van der Waals surface area contributed by atoms with Gasteiger partial charge in [-0.3, -0.25) is 4.79 Å². The Morgan fingerprint density at radius 1 is 1.06 bits per heavy atom. The van der Waals surface area contributed by atoms with E-state index >= 15 is 0 Å². The van der Waals surface area contributed by atoms with E-state index in [-0.39, 0.29) is 23.7 Å². The number of pyridine rings is 1. The minimum absolute atomic E-state index is 0.0749. The van der Waals surface area contributed by atoms with Gasteiger partial charge in [0.25, 0.3) is 0 Å². The number of benzene rings is 1. The van der Waals surface area contributed by atoms with Crippen molar-refractivity contribution in [2.24, 2.45) is 5.92 Å². The number of allylic oxidation sites excluding steroid dienone is 2. The molecule has 1 aliphatic carbocycles. The number of hydrogen-bond donors (Lipinski definition) is 0. The molecule has 0 N–H and O–H groups in total. The van der Waals surface area contributed by atoms with Crippen LogP contribution in [-0.2, 0) is 9.53 Å². The zero-order valence-corrected chi connectivity index (χ0v) is 20.7. The predicted octanol–water partition coefficient (Wildman–Crippen LogP) is 4.66. The average molecular weight is 491 g/mol. The van der Waals surface area contributed by atoms with Crippen molar-refractivity contribution >= 4 is 39.2 Å². The normalized spacial score (nSPS) is 20.6. The molecular weight excluding hydrogens is 460 g/mol. The Labute approximate surface area is 209 Å². The quantitative estimate of drug-likeness (QED) is 0.383. The van der Waals surface area contributed by atoms with Crippen molar-refractivity contribution in [3.05, 3.63) is 65.3 Å². The van der Waals surface area contributed by atoms with Gasteiger partial charge in [0, 0.05) is 38.3 Å². The van der Waals surface area contributed by atoms with Gasteiger partial charge in [0.1, 0.15) is 5.82 Å². The van der Waals surface area contributed by atoms with Crippen molar-refractivity contribution in [2.75, 3.05) is 37.7 Å². The maximum absolute atomic E-state index is 13.7. The summed E-state index contributed by atoms with van der Waals surface area (Å²) in [6, 6.07) is 11.8. The molecule has 7 nitrogen and oxygen atoms in total. The highest BCUT2D eigenvalue weighted by Gasteiger charge is 2.35. The molecule has 3 aromatic rings. The smallest absolute Gasteiger partial charge is 0.339 e. The van der Waals surface area contributed by atoms with E-state index in [1.807, 2.05) is 29.2 Å². The lowest BCUT2D eigenvalue weighted by Crippen LogP contribution is -2.41. The van der Waals surface area contributed by atoms with Crippen molar-refractivity contribution < 1.29 is 14.3 Å². The van der Waals surface area contributed by atoms with Crippen LogP contribution in [0.25, 0.3) is 10.2 Å². The van der Waals surface area contributed by atoms with E-state index in [9.17, 15) is 9.59 Å². The number of thiazole rings is 1. The van der Waals surface area contributed by atoms with Crippen LogP contribution in [-0.4, -0.2) is 59.5 Å². The lowest BCUT2D eigenvalue weighted by Gasteiger charge is -2.31. The van der Waals surface area contributed by atoms with Crippen LogP contribution in [0.15, 0.2) is 54.7 Å². The van der Waals surface area contributed by atoms with Gasteiger partial charge in [-0.2, -0.15) is 0 Å². The van der Waals surface area contributed by atoms with E-state index in [4.69, 9.17) is 9.72 Å². The predicted molar refractivity (Wildman–Crippen MR) is 138 cm³/mol. The molecule has 5 rings (SSSR count). The first kappa shape index (κ1) is 23.5. The van der Waals surface area contributed by atoms with Crippen LogP contribution in [0.4, 0.5) is 5.82 Å². The van der Waals surface area contributed by atoms with Crippen LogP contribution in [0.5, 0.6) is 0 Å². The Balaban J connectivity index is 1.26. The Morgan fingerprint density at radius 3 is 2.71 bits per heavy atom. The van der Waals surface area contributed by atoms with Crippen molar-refractivity contribution in [2.45, 2.75) is 32.1 Å². The molecule has 1 aromatic carbocycles. The zero-order valence-electron chi connectivity index (χ0n) is 19.9. The van der Waals surface area contributed by atoms with Gasteiger partial charge < -0.3 is 14.5 Å². The zero-order chi connectivity index (χ0) is 24.2. The van der Waals surface area contributed by atoms with E-state index in [0.29, 0.717) is 25.3 Å². The van der Waals surface area contributed by atoms with Crippen LogP contribution in [0.3, 0.4) is 0 Å². The van der Waals surface area contributed by atoms with Crippen molar-refractivity contribution in [3.63, 3.8) is 0 Å². The van der Waals surface area contributed by atoms with Gasteiger partial charge >= 0.3 is 5.97 Å². The van der Waals surface area contributed by atoms with Gasteiger partial charge in [-0.25, -0.2) is 14.8 Å². The molecule has 182 valence electrons. The lowest BCUT2D eigenvalue weighted by atomic mass is 9.82. The number of carbonyl (C=O) groups is 2. The van der Waals surface area contributed by atoms with E-state index in [1.54, 1.807) is 30.5 Å². The number of carbonyl (C=O) groups excluding carboxylic acids is 2. The maximum Gasteiger partial charge on any atom is 0.339 e. The number of ether oxygens (including phenoxy) is 1. The fourth-order valence-electron chi connectivity index (χ4n) is 4.92. The van der Waals surface area contributed by atoms with Gasteiger partial charge in [-0.15, -0.1) is 11.3 Å². The Kier molecular flexibility index (Phi) is 7.08. The molecule has 8 heteroatoms. The second kappa shape index (κ2) is 10.6. The summed E-state index contributed by atoms with van der Waals surface area (Å²) in [5.74, 6) is 0.741. The van der Waals surface area contributed by atoms with E-state index in [2.05, 4.69) is 28.1 Å². The molecule has 0 radical (unpaired) electrons. The SMILES string of the molecule is CCOC(=O)c1ccc(N2CCCN(C(=O)C3CC=CCC3c3nc4ccccc4s3)CC2)nc1. The van der Waals surface area contributed by atoms with E-state index in [1.165, 1.54) is 4.70 Å². The van der Waals surface area contributed by atoms with Gasteiger partial charge in [-0.1, -0.05) is 24.3 Å². The summed E-state index contributed by atoms with van der Waals surface area (Å²) in [6.07, 6.45) is 8.39. The van der Waals surface area contributed by atoms with E-state index < -0.39 is 0 Å². The minimum atomic E-state index is -0.358. The molecule has 35 heavy (non-hydrogen) atoms. The summed E-state index contributed by atoms with van der Waals surface area (Å²) < 4.78 is 6.22. The lowest BCUT2D eigenvalue weighted by molar-refractivity contribution is -0.136. The molecule has 1 fully saturated rings. The van der Waals surface area contributed by atoms with Crippen molar-refractivity contribution in [1.82, 2.24) is 14.9 Å². The van der Waals surface area contributed by atoms with Crippen molar-refractivity contribution in [3.8, 4) is 0 Å². The topological polar surface area (TPSA) is 75.6 Å². The third-order valence-corrected chi connectivity index (χ3v) is 7.94. The number of amides is 1. The fourth-order valence-corrected chi connectivity index (χ4v) is 6.06. The largest absolute Gasteiger partial charge is 0.462 e. The van der Waals surface area contributed by atoms with Gasteiger partial charge in [0.15, 0.2) is 0 Å². The number of nitrogens with zero attached hydrogens (tertiary/aromatic N) is 4. The molecule has 2 aromatic heterocycles.